The third-order valence-corrected chi connectivity index (χ3v) is 4.05. The maximum absolute atomic E-state index is 12.0. The summed E-state index contributed by atoms with van der Waals surface area (Å²) in [5.74, 6) is -0.417. The van der Waals surface area contributed by atoms with Crippen LogP contribution in [0.15, 0.2) is 18.2 Å². The summed E-state index contributed by atoms with van der Waals surface area (Å²) in [6.07, 6.45) is -4.55. The van der Waals surface area contributed by atoms with E-state index in [-0.39, 0.29) is 13.0 Å². The lowest BCUT2D eigenvalue weighted by Crippen LogP contribution is -2.44. The maximum Gasteiger partial charge on any atom is 0.411 e. The number of benzene rings is 1. The van der Waals surface area contributed by atoms with E-state index in [2.05, 4.69) is 19.9 Å². The predicted octanol–water partition coefficient (Wildman–Crippen LogP) is 3.00. The summed E-state index contributed by atoms with van der Waals surface area (Å²) in [5, 5.41) is 3.19. The number of alkyl halides is 3. The second-order valence-corrected chi connectivity index (χ2v) is 6.35. The predicted molar refractivity (Wildman–Crippen MR) is 91.3 cm³/mol. The molecule has 1 amide bonds. The summed E-state index contributed by atoms with van der Waals surface area (Å²) < 4.78 is 40.5. The molecule has 9 heteroatoms. The lowest BCUT2D eigenvalue weighted by molar-refractivity contribution is -0.174. The Morgan fingerprint density at radius 2 is 1.96 bits per heavy atom. The molecule has 5 nitrogen and oxygen atoms in total. The standard InChI is InChI=1S/C16H21ClF3N3O2/c1-22-5-7-23(8-6-22)14-3-2-12(17)10-13(14)21-15(24)4-9-25-11-16(18,19)20/h2-3,10H,4-9,11H2,1H3,(H,21,24). The molecule has 0 aromatic heterocycles. The monoisotopic (exact) mass is 379 g/mol. The van der Waals surface area contributed by atoms with Gasteiger partial charge in [-0.2, -0.15) is 13.2 Å². The van der Waals surface area contributed by atoms with Gasteiger partial charge in [-0.25, -0.2) is 0 Å². The molecule has 1 fully saturated rings. The van der Waals surface area contributed by atoms with Crippen molar-refractivity contribution in [1.82, 2.24) is 4.90 Å². The highest BCUT2D eigenvalue weighted by atomic mass is 35.5. The second kappa shape index (κ2) is 8.73. The highest BCUT2D eigenvalue weighted by Crippen LogP contribution is 2.30. The number of halogens is 4. The van der Waals surface area contributed by atoms with Crippen molar-refractivity contribution in [2.75, 3.05) is 56.7 Å². The number of nitrogens with one attached hydrogen (secondary N) is 1. The van der Waals surface area contributed by atoms with Gasteiger partial charge in [-0.15, -0.1) is 0 Å². The first-order valence-corrected chi connectivity index (χ1v) is 8.30. The molecule has 1 aliphatic rings. The molecule has 140 valence electrons. The van der Waals surface area contributed by atoms with Gasteiger partial charge in [0.15, 0.2) is 0 Å². The topological polar surface area (TPSA) is 44.8 Å². The zero-order valence-corrected chi connectivity index (χ0v) is 14.7. The van der Waals surface area contributed by atoms with Crippen molar-refractivity contribution in [3.8, 4) is 0 Å². The molecule has 1 aromatic carbocycles. The average Bonchev–Trinajstić information content (AvgIpc) is 2.52. The lowest BCUT2D eigenvalue weighted by atomic mass is 10.2. The van der Waals surface area contributed by atoms with Crippen LogP contribution < -0.4 is 10.2 Å². The summed E-state index contributed by atoms with van der Waals surface area (Å²) in [6.45, 7) is 1.79. The normalized spacial score (nSPS) is 16.1. The number of hydrogen-bond donors (Lipinski definition) is 1. The van der Waals surface area contributed by atoms with Crippen LogP contribution in [0.5, 0.6) is 0 Å². The van der Waals surface area contributed by atoms with E-state index in [0.29, 0.717) is 10.7 Å². The first-order chi connectivity index (χ1) is 11.7. The van der Waals surface area contributed by atoms with Gasteiger partial charge in [-0.1, -0.05) is 11.6 Å². The summed E-state index contributed by atoms with van der Waals surface area (Å²) >= 11 is 6.01. The number of ether oxygens (including phenoxy) is 1. The zero-order valence-electron chi connectivity index (χ0n) is 13.9. The van der Waals surface area contributed by atoms with Gasteiger partial charge in [0.05, 0.1) is 24.4 Å². The number of nitrogens with zero attached hydrogens (tertiary/aromatic N) is 2. The molecule has 0 aliphatic carbocycles. The summed E-state index contributed by atoms with van der Waals surface area (Å²) in [7, 11) is 2.04. The van der Waals surface area contributed by atoms with E-state index in [9.17, 15) is 18.0 Å². The minimum absolute atomic E-state index is 0.162. The number of carbonyl (C=O) groups is 1. The summed E-state index contributed by atoms with van der Waals surface area (Å²) in [5.41, 5.74) is 1.40. The fraction of sp³-hybridized carbons (Fsp3) is 0.562. The second-order valence-electron chi connectivity index (χ2n) is 5.92. The van der Waals surface area contributed by atoms with Crippen LogP contribution in [0.1, 0.15) is 6.42 Å². The van der Waals surface area contributed by atoms with Gasteiger partial charge in [-0.3, -0.25) is 4.79 Å². The Morgan fingerprint density at radius 3 is 2.60 bits per heavy atom. The maximum atomic E-state index is 12.0. The molecule has 0 radical (unpaired) electrons. The number of amides is 1. The SMILES string of the molecule is CN1CCN(c2ccc(Cl)cc2NC(=O)CCOCC(F)(F)F)CC1. The third kappa shape index (κ3) is 6.72. The van der Waals surface area contributed by atoms with Crippen LogP contribution in [-0.2, 0) is 9.53 Å². The van der Waals surface area contributed by atoms with Crippen LogP contribution in [0, 0.1) is 0 Å². The van der Waals surface area contributed by atoms with Gasteiger partial charge in [-0.05, 0) is 25.2 Å². The van der Waals surface area contributed by atoms with Crippen molar-refractivity contribution >= 4 is 28.9 Å². The summed E-state index contributed by atoms with van der Waals surface area (Å²) in [4.78, 5) is 16.3. The van der Waals surface area contributed by atoms with Gasteiger partial charge < -0.3 is 19.9 Å². The molecule has 0 saturated carbocycles. The average molecular weight is 380 g/mol. The molecular formula is C16H21ClF3N3O2. The molecule has 1 aromatic rings. The van der Waals surface area contributed by atoms with Crippen molar-refractivity contribution in [2.45, 2.75) is 12.6 Å². The van der Waals surface area contributed by atoms with Gasteiger partial charge in [0.2, 0.25) is 5.91 Å². The Morgan fingerprint density at radius 1 is 1.28 bits per heavy atom. The van der Waals surface area contributed by atoms with E-state index in [1.807, 2.05) is 13.1 Å². The van der Waals surface area contributed by atoms with Crippen molar-refractivity contribution in [1.29, 1.82) is 0 Å². The number of piperazine rings is 1. The fourth-order valence-electron chi connectivity index (χ4n) is 2.50. The lowest BCUT2D eigenvalue weighted by Gasteiger charge is -2.35. The van der Waals surface area contributed by atoms with E-state index in [1.165, 1.54) is 0 Å². The molecule has 0 atom stereocenters. The molecule has 25 heavy (non-hydrogen) atoms. The summed E-state index contributed by atoms with van der Waals surface area (Å²) in [6, 6.07) is 5.23. The van der Waals surface area contributed by atoms with Gasteiger partial charge in [0.25, 0.3) is 0 Å². The van der Waals surface area contributed by atoms with E-state index in [1.54, 1.807) is 12.1 Å². The quantitative estimate of drug-likeness (QED) is 0.772. The minimum atomic E-state index is -4.39. The van der Waals surface area contributed by atoms with Crippen molar-refractivity contribution in [2.24, 2.45) is 0 Å². The molecular weight excluding hydrogens is 359 g/mol. The van der Waals surface area contributed by atoms with E-state index in [4.69, 9.17) is 11.6 Å². The number of rotatable bonds is 6. The number of hydrogen-bond acceptors (Lipinski definition) is 4. The van der Waals surface area contributed by atoms with Gasteiger partial charge in [0.1, 0.15) is 6.61 Å². The highest BCUT2D eigenvalue weighted by molar-refractivity contribution is 6.31. The Bertz CT molecular complexity index is 590. The van der Waals surface area contributed by atoms with Crippen LogP contribution in [-0.4, -0.2) is 63.4 Å². The zero-order chi connectivity index (χ0) is 18.4. The Hall–Kier alpha value is -1.51. The van der Waals surface area contributed by atoms with Crippen LogP contribution in [0.4, 0.5) is 24.5 Å². The van der Waals surface area contributed by atoms with Crippen LogP contribution in [0.3, 0.4) is 0 Å². The Kier molecular flexibility index (Phi) is 6.92. The molecule has 1 aliphatic heterocycles. The molecule has 0 bridgehead atoms. The smallest absolute Gasteiger partial charge is 0.372 e. The largest absolute Gasteiger partial charge is 0.411 e. The van der Waals surface area contributed by atoms with Crippen LogP contribution in [0.25, 0.3) is 0 Å². The molecule has 2 rings (SSSR count). The van der Waals surface area contributed by atoms with Crippen LogP contribution >= 0.6 is 11.6 Å². The van der Waals surface area contributed by atoms with Crippen molar-refractivity contribution < 1.29 is 22.7 Å². The molecule has 1 saturated heterocycles. The van der Waals surface area contributed by atoms with E-state index in [0.717, 1.165) is 31.9 Å². The van der Waals surface area contributed by atoms with E-state index >= 15 is 0 Å². The number of likely N-dealkylation sites (N-methyl/N-ethyl adjacent to an activating group) is 1. The van der Waals surface area contributed by atoms with Crippen molar-refractivity contribution in [3.63, 3.8) is 0 Å². The molecule has 1 heterocycles. The molecule has 1 N–H and O–H groups in total. The van der Waals surface area contributed by atoms with E-state index < -0.39 is 18.7 Å². The molecule has 0 unspecified atom stereocenters. The third-order valence-electron chi connectivity index (χ3n) is 3.82. The van der Waals surface area contributed by atoms with Crippen molar-refractivity contribution in [3.05, 3.63) is 23.2 Å². The van der Waals surface area contributed by atoms with Gasteiger partial charge >= 0.3 is 6.18 Å². The Labute approximate surface area is 149 Å². The van der Waals surface area contributed by atoms with Gasteiger partial charge in [0, 0.05) is 31.2 Å². The fourth-order valence-corrected chi connectivity index (χ4v) is 2.67. The minimum Gasteiger partial charge on any atom is -0.372 e. The van der Waals surface area contributed by atoms with Crippen LogP contribution in [0.2, 0.25) is 5.02 Å². The Balaban J connectivity index is 1.94. The first-order valence-electron chi connectivity index (χ1n) is 7.92. The first kappa shape index (κ1) is 19.8. The highest BCUT2D eigenvalue weighted by Gasteiger charge is 2.27. The number of anilines is 2. The molecule has 0 spiro atoms. The number of carbonyl (C=O) groups excluding carboxylic acids is 1.